The van der Waals surface area contributed by atoms with Crippen LogP contribution in [0, 0.1) is 5.41 Å². The molecule has 1 fully saturated rings. The van der Waals surface area contributed by atoms with Crippen molar-refractivity contribution in [3.05, 3.63) is 0 Å². The van der Waals surface area contributed by atoms with E-state index >= 15 is 0 Å². The van der Waals surface area contributed by atoms with Gasteiger partial charge >= 0.3 is 0 Å². The van der Waals surface area contributed by atoms with E-state index in [4.69, 9.17) is 4.74 Å². The van der Waals surface area contributed by atoms with Crippen molar-refractivity contribution in [1.82, 2.24) is 4.90 Å². The van der Waals surface area contributed by atoms with Crippen LogP contribution in [0.1, 0.15) is 52.4 Å². The first-order chi connectivity index (χ1) is 8.58. The Morgan fingerprint density at radius 3 is 2.28 bits per heavy atom. The van der Waals surface area contributed by atoms with Gasteiger partial charge in [0.1, 0.15) is 0 Å². The fourth-order valence-corrected chi connectivity index (χ4v) is 3.36. The lowest BCUT2D eigenvalue weighted by molar-refractivity contribution is 0.0546. The highest BCUT2D eigenvalue weighted by Crippen LogP contribution is 2.36. The first-order valence-corrected chi connectivity index (χ1v) is 8.12. The molecular weight excluding hydrogens is 242 g/mol. The molecule has 0 radical (unpaired) electrons. The van der Waals surface area contributed by atoms with Gasteiger partial charge in [0, 0.05) is 13.1 Å². The van der Waals surface area contributed by atoms with Crippen molar-refractivity contribution in [3.63, 3.8) is 0 Å². The maximum atomic E-state index is 5.63. The van der Waals surface area contributed by atoms with Gasteiger partial charge < -0.3 is 9.64 Å². The van der Waals surface area contributed by atoms with Crippen LogP contribution in [0.5, 0.6) is 0 Å². The Bertz CT molecular complexity index is 213. The number of thiol groups is 1. The Kier molecular flexibility index (Phi) is 7.66. The topological polar surface area (TPSA) is 12.5 Å². The highest BCUT2D eigenvalue weighted by atomic mass is 32.1. The Morgan fingerprint density at radius 2 is 1.78 bits per heavy atom. The summed E-state index contributed by atoms with van der Waals surface area (Å²) in [6.07, 6.45) is 8.65. The van der Waals surface area contributed by atoms with E-state index in [-0.39, 0.29) is 0 Å². The number of hydrogen-bond acceptors (Lipinski definition) is 3. The quantitative estimate of drug-likeness (QED) is 0.562. The van der Waals surface area contributed by atoms with Crippen LogP contribution >= 0.6 is 12.6 Å². The van der Waals surface area contributed by atoms with Gasteiger partial charge in [-0.1, -0.05) is 25.7 Å². The summed E-state index contributed by atoms with van der Waals surface area (Å²) in [5.74, 6) is 1.03. The lowest BCUT2D eigenvalue weighted by atomic mass is 9.82. The Morgan fingerprint density at radius 1 is 1.17 bits per heavy atom. The summed E-state index contributed by atoms with van der Waals surface area (Å²) < 4.78 is 5.63. The zero-order valence-electron chi connectivity index (χ0n) is 12.5. The van der Waals surface area contributed by atoms with E-state index in [1.54, 1.807) is 0 Å². The van der Waals surface area contributed by atoms with Crippen LogP contribution < -0.4 is 0 Å². The van der Waals surface area contributed by atoms with Gasteiger partial charge in [0.25, 0.3) is 0 Å². The number of hydrogen-bond donors (Lipinski definition) is 1. The van der Waals surface area contributed by atoms with E-state index in [0.717, 1.165) is 18.9 Å². The van der Waals surface area contributed by atoms with Gasteiger partial charge in [0.2, 0.25) is 0 Å². The summed E-state index contributed by atoms with van der Waals surface area (Å²) in [6, 6.07) is 0. The van der Waals surface area contributed by atoms with E-state index in [2.05, 4.69) is 38.4 Å². The normalized spacial score (nSPS) is 20.3. The standard InChI is InChI=1S/C15H31NOS/c1-14(2)17-11-10-16(3)12-15(13-18)8-6-4-5-7-9-15/h14,18H,4-13H2,1-3H3. The third-order valence-corrected chi connectivity index (χ3v) is 4.70. The molecule has 0 amide bonds. The average molecular weight is 273 g/mol. The molecule has 1 aliphatic carbocycles. The number of ether oxygens (including phenoxy) is 1. The largest absolute Gasteiger partial charge is 0.377 e. The minimum atomic E-state index is 0.343. The molecule has 0 N–H and O–H groups in total. The summed E-state index contributed by atoms with van der Waals surface area (Å²) in [7, 11) is 2.22. The molecule has 3 heteroatoms. The summed E-state index contributed by atoms with van der Waals surface area (Å²) in [4.78, 5) is 2.43. The smallest absolute Gasteiger partial charge is 0.0596 e. The van der Waals surface area contributed by atoms with E-state index in [1.807, 2.05) is 0 Å². The van der Waals surface area contributed by atoms with Gasteiger partial charge in [-0.05, 0) is 44.9 Å². The van der Waals surface area contributed by atoms with Gasteiger partial charge in [0.15, 0.2) is 0 Å². The first kappa shape index (κ1) is 16.3. The molecule has 1 rings (SSSR count). The molecule has 0 aromatic carbocycles. The van der Waals surface area contributed by atoms with Gasteiger partial charge in [-0.3, -0.25) is 0 Å². The predicted octanol–water partition coefficient (Wildman–Crippen LogP) is 3.61. The Balaban J connectivity index is 2.35. The molecule has 0 aromatic rings. The molecule has 0 aliphatic heterocycles. The van der Waals surface area contributed by atoms with E-state index in [0.29, 0.717) is 11.5 Å². The average Bonchev–Trinajstić information content (AvgIpc) is 2.55. The highest BCUT2D eigenvalue weighted by molar-refractivity contribution is 7.80. The number of likely N-dealkylation sites (N-methyl/N-ethyl adjacent to an activating group) is 1. The molecule has 18 heavy (non-hydrogen) atoms. The molecule has 2 nitrogen and oxygen atoms in total. The van der Waals surface area contributed by atoms with Crippen molar-refractivity contribution in [3.8, 4) is 0 Å². The van der Waals surface area contributed by atoms with Crippen LogP contribution in [0.25, 0.3) is 0 Å². The lowest BCUT2D eigenvalue weighted by Crippen LogP contribution is -2.38. The van der Waals surface area contributed by atoms with Crippen molar-refractivity contribution >= 4 is 12.6 Å². The third kappa shape index (κ3) is 5.94. The SMILES string of the molecule is CC(C)OCCN(C)CC1(CS)CCCCCC1. The summed E-state index contributed by atoms with van der Waals surface area (Å²) >= 11 is 4.64. The van der Waals surface area contributed by atoms with E-state index in [1.165, 1.54) is 45.1 Å². The predicted molar refractivity (Wildman–Crippen MR) is 82.6 cm³/mol. The molecule has 1 saturated carbocycles. The van der Waals surface area contributed by atoms with Crippen LogP contribution in [0.2, 0.25) is 0 Å². The summed E-state index contributed by atoms with van der Waals surface area (Å²) in [5, 5.41) is 0. The van der Waals surface area contributed by atoms with E-state index < -0.39 is 0 Å². The van der Waals surface area contributed by atoms with Crippen molar-refractivity contribution in [2.75, 3.05) is 32.5 Å². The molecular formula is C15H31NOS. The second kappa shape index (κ2) is 8.44. The monoisotopic (exact) mass is 273 g/mol. The van der Waals surface area contributed by atoms with Crippen molar-refractivity contribution < 1.29 is 4.74 Å². The number of rotatable bonds is 7. The summed E-state index contributed by atoms with van der Waals surface area (Å²) in [5.41, 5.74) is 0.451. The zero-order valence-corrected chi connectivity index (χ0v) is 13.3. The van der Waals surface area contributed by atoms with E-state index in [9.17, 15) is 0 Å². The van der Waals surface area contributed by atoms with Crippen LogP contribution in [-0.2, 0) is 4.74 Å². The maximum Gasteiger partial charge on any atom is 0.0596 e. The summed E-state index contributed by atoms with van der Waals surface area (Å²) in [6.45, 7) is 7.25. The first-order valence-electron chi connectivity index (χ1n) is 7.49. The lowest BCUT2D eigenvalue weighted by Gasteiger charge is -2.35. The maximum absolute atomic E-state index is 5.63. The molecule has 0 unspecified atom stereocenters. The van der Waals surface area contributed by atoms with Crippen LogP contribution in [-0.4, -0.2) is 43.5 Å². The molecule has 1 aliphatic rings. The minimum Gasteiger partial charge on any atom is -0.377 e. The van der Waals surface area contributed by atoms with Gasteiger partial charge in [-0.15, -0.1) is 0 Å². The highest BCUT2D eigenvalue weighted by Gasteiger charge is 2.30. The Labute approximate surface area is 119 Å². The van der Waals surface area contributed by atoms with Crippen LogP contribution in [0.3, 0.4) is 0 Å². The van der Waals surface area contributed by atoms with Crippen molar-refractivity contribution in [2.24, 2.45) is 5.41 Å². The number of nitrogens with zero attached hydrogens (tertiary/aromatic N) is 1. The van der Waals surface area contributed by atoms with Gasteiger partial charge in [-0.25, -0.2) is 0 Å². The molecule has 0 saturated heterocycles. The second-order valence-corrected chi connectivity index (χ2v) is 6.55. The molecule has 0 aromatic heterocycles. The fourth-order valence-electron chi connectivity index (χ4n) is 2.94. The molecule has 108 valence electrons. The van der Waals surface area contributed by atoms with Crippen LogP contribution in [0.15, 0.2) is 0 Å². The zero-order chi connectivity index (χ0) is 13.4. The fraction of sp³-hybridized carbons (Fsp3) is 1.00. The second-order valence-electron chi connectivity index (χ2n) is 6.23. The van der Waals surface area contributed by atoms with Crippen molar-refractivity contribution in [1.29, 1.82) is 0 Å². The molecule has 0 spiro atoms. The van der Waals surface area contributed by atoms with Crippen LogP contribution in [0.4, 0.5) is 0 Å². The molecule has 0 atom stereocenters. The third-order valence-electron chi connectivity index (χ3n) is 4.03. The van der Waals surface area contributed by atoms with Crippen molar-refractivity contribution in [2.45, 2.75) is 58.5 Å². The molecule has 0 bridgehead atoms. The Hall–Kier alpha value is 0.270. The van der Waals surface area contributed by atoms with Gasteiger partial charge in [-0.2, -0.15) is 12.6 Å². The van der Waals surface area contributed by atoms with Gasteiger partial charge in [0.05, 0.1) is 12.7 Å². The molecule has 0 heterocycles. The minimum absolute atomic E-state index is 0.343.